The molecule has 4 aromatic rings. The summed E-state index contributed by atoms with van der Waals surface area (Å²) in [7, 11) is 0. The second-order valence-corrected chi connectivity index (χ2v) is 8.94. The van der Waals surface area contributed by atoms with Crippen molar-refractivity contribution in [3.63, 3.8) is 0 Å². The van der Waals surface area contributed by atoms with Crippen molar-refractivity contribution in [1.82, 2.24) is 4.98 Å². The van der Waals surface area contributed by atoms with Crippen LogP contribution in [-0.4, -0.2) is 29.3 Å². The third-order valence-electron chi connectivity index (χ3n) is 5.72. The fraction of sp³-hybridized carbons (Fsp3) is 0.259. The molecule has 0 aliphatic carbocycles. The molecule has 0 spiro atoms. The van der Waals surface area contributed by atoms with Crippen LogP contribution in [0, 0.1) is 6.92 Å². The number of fused-ring (bicyclic) bond motifs is 3. The number of H-pyrrole nitrogens is 1. The van der Waals surface area contributed by atoms with E-state index in [2.05, 4.69) is 22.0 Å². The van der Waals surface area contributed by atoms with Gasteiger partial charge in [-0.2, -0.15) is 0 Å². The van der Waals surface area contributed by atoms with Gasteiger partial charge in [-0.15, -0.1) is 18.1 Å². The average Bonchev–Trinajstić information content (AvgIpc) is 3.24. The maximum atomic E-state index is 8.13. The minimum atomic E-state index is 0. The summed E-state index contributed by atoms with van der Waals surface area (Å²) in [5.74, 6) is 1.96. The first-order valence-electron chi connectivity index (χ1n) is 11.2. The summed E-state index contributed by atoms with van der Waals surface area (Å²) >= 11 is 11.9. The van der Waals surface area contributed by atoms with E-state index < -0.39 is 0 Å². The van der Waals surface area contributed by atoms with Crippen LogP contribution in [0.2, 0.25) is 5.02 Å². The Hall–Kier alpha value is -2.01. The number of alkyl halides is 1. The molecule has 1 unspecified atom stereocenters. The van der Waals surface area contributed by atoms with Gasteiger partial charge < -0.3 is 19.9 Å². The minimum Gasteiger partial charge on any atom is -0.650 e. The Morgan fingerprint density at radius 3 is 2.43 bits per heavy atom. The first-order chi connectivity index (χ1) is 16.6. The molecule has 35 heavy (non-hydrogen) atoms. The first kappa shape index (κ1) is 27.6. The third-order valence-corrected chi connectivity index (χ3v) is 6.22. The standard InChI is InChI=1S/C20H19Cl2N2O.C7H8O2.W/c21-9-1-11-25-15-5-2-13(3-6-15)19-20-16(8-10-23-19)17-12-14(22)4-7-18(17)24-20;1-6-2-4-7(9-8)5-3-6;/h2-7,12,19,24H,1,8-11H2;2-5,8H,1H3;/q-1;;. The zero-order valence-corrected chi connectivity index (χ0v) is 23.8. The van der Waals surface area contributed by atoms with Crippen LogP contribution in [0.5, 0.6) is 11.5 Å². The van der Waals surface area contributed by atoms with Crippen molar-refractivity contribution in [3.8, 4) is 11.5 Å². The Labute approximate surface area is 229 Å². The Balaban J connectivity index is 0.000000291. The average molecular weight is 682 g/mol. The zero-order chi connectivity index (χ0) is 23.9. The second kappa shape index (κ2) is 13.3. The summed E-state index contributed by atoms with van der Waals surface area (Å²) in [4.78, 5) is 7.52. The molecular weight excluding hydrogens is 655 g/mol. The third kappa shape index (κ3) is 7.03. The number of rotatable bonds is 6. The van der Waals surface area contributed by atoms with Gasteiger partial charge in [0.1, 0.15) is 5.75 Å². The first-order valence-corrected chi connectivity index (χ1v) is 12.1. The number of nitrogens with zero attached hydrogens (tertiary/aromatic N) is 1. The molecule has 5 nitrogen and oxygen atoms in total. The van der Waals surface area contributed by atoms with E-state index in [4.69, 9.17) is 38.5 Å². The van der Waals surface area contributed by atoms with Crippen molar-refractivity contribution in [2.24, 2.45) is 0 Å². The molecule has 1 aliphatic heterocycles. The summed E-state index contributed by atoms with van der Waals surface area (Å²) in [5.41, 5.74) is 5.95. The summed E-state index contributed by atoms with van der Waals surface area (Å²) in [5, 5.41) is 15.0. The molecule has 2 heterocycles. The van der Waals surface area contributed by atoms with E-state index >= 15 is 0 Å². The molecule has 5 rings (SSSR count). The molecule has 2 N–H and O–H groups in total. The van der Waals surface area contributed by atoms with Crippen LogP contribution in [0.4, 0.5) is 0 Å². The fourth-order valence-electron chi connectivity index (χ4n) is 4.00. The molecule has 1 atom stereocenters. The predicted molar refractivity (Wildman–Crippen MR) is 139 cm³/mol. The Morgan fingerprint density at radius 1 is 1.03 bits per heavy atom. The number of aromatic nitrogens is 1. The number of benzene rings is 3. The smallest absolute Gasteiger partial charge is 0.165 e. The van der Waals surface area contributed by atoms with Gasteiger partial charge in [-0.05, 0) is 67.8 Å². The van der Waals surface area contributed by atoms with Gasteiger partial charge in [-0.3, -0.25) is 0 Å². The summed E-state index contributed by atoms with van der Waals surface area (Å²) in [6, 6.07) is 21.4. The Kier molecular flexibility index (Phi) is 10.5. The van der Waals surface area contributed by atoms with Crippen molar-refractivity contribution in [2.75, 3.05) is 19.0 Å². The van der Waals surface area contributed by atoms with Crippen molar-refractivity contribution < 1.29 is 35.9 Å². The molecule has 184 valence electrons. The minimum absolute atomic E-state index is 0. The molecule has 0 bridgehead atoms. The number of halogens is 2. The van der Waals surface area contributed by atoms with E-state index in [0.29, 0.717) is 18.2 Å². The maximum absolute atomic E-state index is 8.13. The largest absolute Gasteiger partial charge is 0.650 e. The number of aryl methyl sites for hydroxylation is 1. The van der Waals surface area contributed by atoms with Gasteiger partial charge in [0.25, 0.3) is 0 Å². The van der Waals surface area contributed by atoms with E-state index in [1.165, 1.54) is 22.2 Å². The van der Waals surface area contributed by atoms with Crippen LogP contribution in [-0.2, 0) is 27.5 Å². The molecule has 8 heteroatoms. The molecule has 1 aromatic heterocycles. The van der Waals surface area contributed by atoms with Gasteiger partial charge in [0.15, 0.2) is 5.75 Å². The molecule has 0 saturated carbocycles. The van der Waals surface area contributed by atoms with Gasteiger partial charge >= 0.3 is 0 Å². The Morgan fingerprint density at radius 2 is 1.74 bits per heavy atom. The van der Waals surface area contributed by atoms with Crippen LogP contribution in [0.15, 0.2) is 66.7 Å². The van der Waals surface area contributed by atoms with E-state index in [1.807, 2.05) is 49.4 Å². The van der Waals surface area contributed by atoms with Crippen molar-refractivity contribution in [3.05, 3.63) is 99.5 Å². The van der Waals surface area contributed by atoms with Crippen molar-refractivity contribution in [1.29, 1.82) is 0 Å². The summed E-state index contributed by atoms with van der Waals surface area (Å²) in [6.45, 7) is 3.44. The van der Waals surface area contributed by atoms with Crippen molar-refractivity contribution >= 4 is 34.1 Å². The molecule has 1 aliphatic rings. The zero-order valence-electron chi connectivity index (χ0n) is 19.3. The van der Waals surface area contributed by atoms with Crippen LogP contribution in [0.3, 0.4) is 0 Å². The number of hydrogen-bond donors (Lipinski definition) is 2. The SMILES string of the molecule is Cc1ccc(OO)cc1.ClCCCOc1ccc(C2[N-]CCc3c2[nH]c2ccc(Cl)cc32)cc1.[W]. The number of aromatic amines is 1. The fourth-order valence-corrected chi connectivity index (χ4v) is 4.28. The maximum Gasteiger partial charge on any atom is 0.165 e. The van der Waals surface area contributed by atoms with E-state index in [1.54, 1.807) is 12.1 Å². The monoisotopic (exact) mass is 681 g/mol. The summed E-state index contributed by atoms with van der Waals surface area (Å²) in [6.07, 6.45) is 1.80. The van der Waals surface area contributed by atoms with Gasteiger partial charge in [0.2, 0.25) is 0 Å². The molecule has 0 radical (unpaired) electrons. The molecule has 0 amide bonds. The van der Waals surface area contributed by atoms with Crippen molar-refractivity contribution in [2.45, 2.75) is 25.8 Å². The number of ether oxygens (including phenoxy) is 1. The molecule has 0 saturated heterocycles. The number of nitrogens with one attached hydrogen (secondary N) is 1. The van der Waals surface area contributed by atoms with E-state index in [9.17, 15) is 0 Å². The van der Waals surface area contributed by atoms with Gasteiger partial charge in [0, 0.05) is 48.6 Å². The van der Waals surface area contributed by atoms with Crippen LogP contribution < -0.4 is 9.62 Å². The van der Waals surface area contributed by atoms with E-state index in [0.717, 1.165) is 41.2 Å². The second-order valence-electron chi connectivity index (χ2n) is 8.13. The predicted octanol–water partition coefficient (Wildman–Crippen LogP) is 7.69. The molecule has 3 aromatic carbocycles. The van der Waals surface area contributed by atoms with Crippen LogP contribution in [0.25, 0.3) is 16.2 Å². The molecule has 0 fully saturated rings. The normalized spacial score (nSPS) is 14.3. The quantitative estimate of drug-likeness (QED) is 0.0949. The van der Waals surface area contributed by atoms with Crippen LogP contribution >= 0.6 is 23.2 Å². The Bertz CT molecular complexity index is 1210. The van der Waals surface area contributed by atoms with Gasteiger partial charge in [0.05, 0.1) is 6.61 Å². The topological polar surface area (TPSA) is 68.6 Å². The summed E-state index contributed by atoms with van der Waals surface area (Å²) < 4.78 is 5.68. The van der Waals surface area contributed by atoms with Gasteiger partial charge in [-0.1, -0.05) is 53.0 Å². The van der Waals surface area contributed by atoms with Crippen LogP contribution in [0.1, 0.15) is 34.8 Å². The molecular formula is C27H27Cl2N2O3W-. The van der Waals surface area contributed by atoms with Gasteiger partial charge in [-0.25, -0.2) is 5.26 Å². The number of hydrogen-bond acceptors (Lipinski definition) is 3. The van der Waals surface area contributed by atoms with E-state index in [-0.39, 0.29) is 27.1 Å².